The first-order valence-electron chi connectivity index (χ1n) is 8.38. The molecule has 1 heterocycles. The van der Waals surface area contributed by atoms with Crippen molar-refractivity contribution in [1.82, 2.24) is 15.0 Å². The number of rotatable bonds is 5. The third-order valence-electron chi connectivity index (χ3n) is 4.15. The third kappa shape index (κ3) is 3.42. The molecule has 1 amide bonds. The van der Waals surface area contributed by atoms with Crippen LogP contribution in [0.3, 0.4) is 0 Å². The predicted molar refractivity (Wildman–Crippen MR) is 97.9 cm³/mol. The highest BCUT2D eigenvalue weighted by Crippen LogP contribution is 2.16. The van der Waals surface area contributed by atoms with Crippen LogP contribution in [0.5, 0.6) is 0 Å². The second kappa shape index (κ2) is 7.35. The molecule has 26 heavy (non-hydrogen) atoms. The first-order valence-corrected chi connectivity index (χ1v) is 8.38. The van der Waals surface area contributed by atoms with Gasteiger partial charge in [-0.15, -0.1) is 5.10 Å². The third-order valence-corrected chi connectivity index (χ3v) is 4.15. The van der Waals surface area contributed by atoms with E-state index in [4.69, 9.17) is 4.74 Å². The van der Waals surface area contributed by atoms with Gasteiger partial charge in [0.05, 0.1) is 11.1 Å². The summed E-state index contributed by atoms with van der Waals surface area (Å²) in [5.41, 5.74) is 2.53. The molecule has 0 spiro atoms. The molecule has 0 radical (unpaired) electrons. The van der Waals surface area contributed by atoms with Crippen molar-refractivity contribution in [2.45, 2.75) is 26.5 Å². The summed E-state index contributed by atoms with van der Waals surface area (Å²) in [5, 5.41) is 8.06. The fourth-order valence-corrected chi connectivity index (χ4v) is 2.66. The maximum atomic E-state index is 12.5. The first kappa shape index (κ1) is 17.6. The Morgan fingerprint density at radius 3 is 2.62 bits per heavy atom. The van der Waals surface area contributed by atoms with Gasteiger partial charge in [0.25, 0.3) is 5.91 Å². The van der Waals surface area contributed by atoms with Crippen molar-refractivity contribution in [2.24, 2.45) is 0 Å². The minimum atomic E-state index is -0.908. The number of hydrogen-bond acceptors (Lipinski definition) is 5. The molecule has 3 aromatic rings. The molecule has 7 heteroatoms. The number of amides is 1. The number of aromatic nitrogens is 3. The van der Waals surface area contributed by atoms with Crippen molar-refractivity contribution in [3.63, 3.8) is 0 Å². The summed E-state index contributed by atoms with van der Waals surface area (Å²) >= 11 is 0. The number of anilines is 1. The van der Waals surface area contributed by atoms with Gasteiger partial charge in [0.1, 0.15) is 5.52 Å². The molecule has 0 aliphatic carbocycles. The number of esters is 1. The van der Waals surface area contributed by atoms with E-state index < -0.39 is 12.1 Å². The lowest BCUT2D eigenvalue weighted by Gasteiger charge is -2.21. The van der Waals surface area contributed by atoms with E-state index in [9.17, 15) is 9.59 Å². The van der Waals surface area contributed by atoms with Gasteiger partial charge in [-0.25, -0.2) is 9.48 Å². The van der Waals surface area contributed by atoms with Crippen LogP contribution in [0.25, 0.3) is 11.0 Å². The summed E-state index contributed by atoms with van der Waals surface area (Å²) in [6.45, 7) is 4.22. The molecular formula is C19H20N4O3. The van der Waals surface area contributed by atoms with E-state index in [1.165, 1.54) is 4.90 Å². The quantitative estimate of drug-likeness (QED) is 0.660. The van der Waals surface area contributed by atoms with Gasteiger partial charge in [-0.2, -0.15) is 0 Å². The van der Waals surface area contributed by atoms with Crippen LogP contribution in [0.1, 0.15) is 24.2 Å². The maximum absolute atomic E-state index is 12.5. The zero-order valence-electron chi connectivity index (χ0n) is 14.9. The topological polar surface area (TPSA) is 77.3 Å². The normalized spacial score (nSPS) is 12.0. The smallest absolute Gasteiger partial charge is 0.338 e. The van der Waals surface area contributed by atoms with E-state index in [0.717, 1.165) is 11.2 Å². The zero-order valence-corrected chi connectivity index (χ0v) is 14.9. The highest BCUT2D eigenvalue weighted by Gasteiger charge is 2.23. The van der Waals surface area contributed by atoms with Crippen molar-refractivity contribution in [1.29, 1.82) is 0 Å². The second-order valence-corrected chi connectivity index (χ2v) is 5.89. The summed E-state index contributed by atoms with van der Waals surface area (Å²) in [7, 11) is 1.65. The molecule has 1 atom stereocenters. The zero-order chi connectivity index (χ0) is 18.7. The van der Waals surface area contributed by atoms with Crippen molar-refractivity contribution in [3.05, 3.63) is 54.1 Å². The number of ether oxygens (including phenoxy) is 1. The van der Waals surface area contributed by atoms with Crippen molar-refractivity contribution < 1.29 is 14.3 Å². The summed E-state index contributed by atoms with van der Waals surface area (Å²) in [4.78, 5) is 26.3. The number of carbonyl (C=O) groups is 2. The Bertz CT molecular complexity index is 936. The van der Waals surface area contributed by atoms with E-state index in [2.05, 4.69) is 10.3 Å². The lowest BCUT2D eigenvalue weighted by Crippen LogP contribution is -2.37. The van der Waals surface area contributed by atoms with Crippen molar-refractivity contribution >= 4 is 28.6 Å². The maximum Gasteiger partial charge on any atom is 0.338 e. The lowest BCUT2D eigenvalue weighted by molar-refractivity contribution is -0.126. The number of likely N-dealkylation sites (N-methyl/N-ethyl adjacent to an activating group) is 1. The van der Waals surface area contributed by atoms with Gasteiger partial charge in [-0.3, -0.25) is 4.79 Å². The van der Waals surface area contributed by atoms with Crippen LogP contribution < -0.4 is 4.90 Å². The largest absolute Gasteiger partial charge is 0.449 e. The Labute approximate surface area is 151 Å². The molecule has 1 aromatic heterocycles. The average Bonchev–Trinajstić information content (AvgIpc) is 3.09. The summed E-state index contributed by atoms with van der Waals surface area (Å²) in [6.07, 6.45) is -0.908. The van der Waals surface area contributed by atoms with E-state index in [1.54, 1.807) is 36.9 Å². The average molecular weight is 352 g/mol. The molecule has 0 saturated heterocycles. The molecule has 0 aliphatic rings. The Balaban J connectivity index is 1.71. The van der Waals surface area contributed by atoms with Gasteiger partial charge < -0.3 is 9.64 Å². The molecule has 0 aliphatic heterocycles. The molecule has 3 rings (SSSR count). The van der Waals surface area contributed by atoms with Crippen LogP contribution in [0.4, 0.5) is 5.69 Å². The Kier molecular flexibility index (Phi) is 4.97. The van der Waals surface area contributed by atoms with Gasteiger partial charge >= 0.3 is 5.97 Å². The number of aryl methyl sites for hydroxylation is 1. The molecule has 0 N–H and O–H groups in total. The fourth-order valence-electron chi connectivity index (χ4n) is 2.66. The molecule has 0 fully saturated rings. The van der Waals surface area contributed by atoms with Crippen LogP contribution >= 0.6 is 0 Å². The minimum absolute atomic E-state index is 0.303. The van der Waals surface area contributed by atoms with E-state index >= 15 is 0 Å². The van der Waals surface area contributed by atoms with Crippen molar-refractivity contribution in [3.8, 4) is 0 Å². The summed E-state index contributed by atoms with van der Waals surface area (Å²) in [6, 6.07) is 14.2. The van der Waals surface area contributed by atoms with Crippen LogP contribution in [0.15, 0.2) is 48.5 Å². The molecule has 2 aromatic carbocycles. The first-order chi connectivity index (χ1) is 12.5. The Hall–Kier alpha value is -3.22. The van der Waals surface area contributed by atoms with Gasteiger partial charge in [-0.1, -0.05) is 23.4 Å². The number of carbonyl (C=O) groups excluding carboxylic acids is 2. The van der Waals surface area contributed by atoms with Crippen molar-refractivity contribution in [2.75, 3.05) is 11.9 Å². The molecule has 1 unspecified atom stereocenters. The number of nitrogens with zero attached hydrogens (tertiary/aromatic N) is 4. The fraction of sp³-hybridized carbons (Fsp3) is 0.263. The standard InChI is InChI=1S/C19H20N4O3/c1-4-23-17-11-10-14(12-16(17)20-21-23)19(25)26-13(2)18(24)22(3)15-8-6-5-7-9-15/h5-13H,4H2,1-3H3. The van der Waals surface area contributed by atoms with Crippen LogP contribution in [0, 0.1) is 0 Å². The van der Waals surface area contributed by atoms with Gasteiger partial charge in [0, 0.05) is 19.3 Å². The number of hydrogen-bond donors (Lipinski definition) is 0. The van der Waals surface area contributed by atoms with E-state index in [1.807, 2.05) is 37.3 Å². The SMILES string of the molecule is CCn1nnc2cc(C(=O)OC(C)C(=O)N(C)c3ccccc3)ccc21. The molecule has 7 nitrogen and oxygen atoms in total. The molecule has 134 valence electrons. The van der Waals surface area contributed by atoms with Crippen LogP contribution in [0.2, 0.25) is 0 Å². The Morgan fingerprint density at radius 2 is 1.92 bits per heavy atom. The number of para-hydroxylation sites is 1. The monoisotopic (exact) mass is 352 g/mol. The Morgan fingerprint density at radius 1 is 1.19 bits per heavy atom. The molecular weight excluding hydrogens is 332 g/mol. The number of benzene rings is 2. The summed E-state index contributed by atoms with van der Waals surface area (Å²) in [5.74, 6) is -0.872. The van der Waals surface area contributed by atoms with Crippen LogP contribution in [-0.2, 0) is 16.1 Å². The lowest BCUT2D eigenvalue weighted by atomic mass is 10.2. The molecule has 0 bridgehead atoms. The van der Waals surface area contributed by atoms with Gasteiger partial charge in [-0.05, 0) is 44.2 Å². The molecule has 0 saturated carbocycles. The van der Waals surface area contributed by atoms with Gasteiger partial charge in [0.15, 0.2) is 6.10 Å². The van der Waals surface area contributed by atoms with E-state index in [-0.39, 0.29) is 5.91 Å². The second-order valence-electron chi connectivity index (χ2n) is 5.89. The van der Waals surface area contributed by atoms with Crippen LogP contribution in [-0.4, -0.2) is 40.0 Å². The highest BCUT2D eigenvalue weighted by atomic mass is 16.5. The number of fused-ring (bicyclic) bond motifs is 1. The minimum Gasteiger partial charge on any atom is -0.449 e. The summed E-state index contributed by atoms with van der Waals surface area (Å²) < 4.78 is 7.08. The van der Waals surface area contributed by atoms with Gasteiger partial charge in [0.2, 0.25) is 0 Å². The van der Waals surface area contributed by atoms with E-state index in [0.29, 0.717) is 17.6 Å². The highest BCUT2D eigenvalue weighted by molar-refractivity contribution is 5.99. The predicted octanol–water partition coefficient (Wildman–Crippen LogP) is 2.66.